The van der Waals surface area contributed by atoms with Gasteiger partial charge in [-0.25, -0.2) is 0 Å². The molecule has 0 aliphatic heterocycles. The summed E-state index contributed by atoms with van der Waals surface area (Å²) < 4.78 is 0. The molecule has 10 aromatic carbocycles. The van der Waals surface area contributed by atoms with Gasteiger partial charge in [0, 0.05) is 64.6 Å². The van der Waals surface area contributed by atoms with Gasteiger partial charge in [-0.05, 0) is 248 Å². The average Bonchev–Trinajstić information content (AvgIpc) is 0.761. The van der Waals surface area contributed by atoms with Crippen LogP contribution in [0, 0.1) is 218 Å². The fourth-order valence-corrected chi connectivity index (χ4v) is 10.6. The minimum Gasteiger partial charge on any atom is -0.0572 e. The van der Waals surface area contributed by atoms with Crippen molar-refractivity contribution in [2.75, 3.05) is 0 Å². The number of rotatable bonds is 0. The van der Waals surface area contributed by atoms with E-state index in [-0.39, 0.29) is 32.5 Å². The molecule has 0 radical (unpaired) electrons. The van der Waals surface area contributed by atoms with Crippen molar-refractivity contribution in [3.05, 3.63) is 361 Å². The molecule has 0 amide bonds. The van der Waals surface area contributed by atoms with Crippen LogP contribution in [0.25, 0.3) is 97.0 Å². The molecule has 0 atom stereocenters. The third-order valence-corrected chi connectivity index (χ3v) is 16.9. The summed E-state index contributed by atoms with van der Waals surface area (Å²) in [6, 6.07) is 155. The van der Waals surface area contributed by atoms with E-state index in [1.54, 1.807) is 0 Å². The van der Waals surface area contributed by atoms with E-state index in [2.05, 4.69) is 416 Å². The molecule has 0 aliphatic carbocycles. The fourth-order valence-electron chi connectivity index (χ4n) is 10.6. The van der Waals surface area contributed by atoms with Gasteiger partial charge in [0.25, 0.3) is 0 Å². The van der Waals surface area contributed by atoms with E-state index in [0.29, 0.717) is 97.0 Å². The average molecular weight is 1300 g/mol. The van der Waals surface area contributed by atoms with Crippen molar-refractivity contribution < 1.29 is 0 Å². The lowest BCUT2D eigenvalue weighted by Gasteiger charge is -2.18. The molecule has 0 N–H and O–H groups in total. The molecule has 10 rings (SSSR count). The zero-order valence-electron chi connectivity index (χ0n) is 61.4. The van der Waals surface area contributed by atoms with Crippen LogP contribution >= 0.6 is 0 Å². The highest BCUT2D eigenvalue weighted by molar-refractivity contribution is 6.22. The van der Waals surface area contributed by atoms with Crippen LogP contribution in [0.2, 0.25) is 0 Å². The number of hydrogen-bond donors (Lipinski definition) is 0. The summed E-state index contributed by atoms with van der Waals surface area (Å²) in [5.41, 5.74) is 5.45. The predicted octanol–water partition coefficient (Wildman–Crippen LogP) is 22.8. The Morgan fingerprint density at radius 1 is 0.137 bits per heavy atom. The third-order valence-electron chi connectivity index (χ3n) is 16.9. The summed E-state index contributed by atoms with van der Waals surface area (Å²) in [4.78, 5) is 0. The predicted molar refractivity (Wildman–Crippen MR) is 413 cm³/mol. The summed E-state index contributed by atoms with van der Waals surface area (Å²) in [7, 11) is 0. The SMILES string of the molecule is CC(C)(C)c1ccc2c#cc#cc3c4c#cc#cc5ccc(C(C)(C)C)cc5c#cc#cc5cc(C(C)(C)C)ccc5c#cc#cc4c4c#cc#cc5ccc(C(C)(C)C)cc5c#cc#cc5cc(C(C)(C)C)ccc5c#cc#cc4c3c#cc#cc3ccc(C(C)(C)C)cc3c#cc#cc2c1. The summed E-state index contributed by atoms with van der Waals surface area (Å²) in [6.07, 6.45) is 0. The summed E-state index contributed by atoms with van der Waals surface area (Å²) in [6.45, 7) is 39.0. The van der Waals surface area contributed by atoms with E-state index < -0.39 is 0 Å². The van der Waals surface area contributed by atoms with E-state index in [4.69, 9.17) is 0 Å². The van der Waals surface area contributed by atoms with E-state index in [9.17, 15) is 0 Å². The van der Waals surface area contributed by atoms with E-state index in [0.717, 1.165) is 33.4 Å². The minimum atomic E-state index is -0.181. The first-order valence-electron chi connectivity index (χ1n) is 33.7. The van der Waals surface area contributed by atoms with Crippen LogP contribution in [0.5, 0.6) is 0 Å². The van der Waals surface area contributed by atoms with Crippen LogP contribution in [-0.2, 0) is 32.5 Å². The second kappa shape index (κ2) is 29.8. The molecular formula is C102H72. The number of benzene rings is 7. The largest absolute Gasteiger partial charge is 0.0595 e. The maximum Gasteiger partial charge on any atom is 0.0595 e. The van der Waals surface area contributed by atoms with Gasteiger partial charge < -0.3 is 0 Å². The van der Waals surface area contributed by atoms with E-state index >= 15 is 0 Å². The van der Waals surface area contributed by atoms with Gasteiger partial charge in [0.05, 0.1) is 32.3 Å². The van der Waals surface area contributed by atoms with Crippen molar-refractivity contribution in [1.29, 1.82) is 0 Å². The van der Waals surface area contributed by atoms with Crippen LogP contribution in [0.3, 0.4) is 0 Å². The maximum atomic E-state index is 3.44. The Labute approximate surface area is 611 Å². The molecular weight excluding hydrogens is 1230 g/mol. The van der Waals surface area contributed by atoms with Gasteiger partial charge in [-0.15, -0.1) is 0 Å². The lowest BCUT2D eigenvalue weighted by Crippen LogP contribution is -2.10. The monoisotopic (exact) mass is 1300 g/mol. The Bertz CT molecular complexity index is 4550. The normalized spacial score (nSPS) is 10.4. The van der Waals surface area contributed by atoms with Crippen LogP contribution in [-0.4, -0.2) is 0 Å². The summed E-state index contributed by atoms with van der Waals surface area (Å²) >= 11 is 0. The molecule has 10 aromatic rings. The zero-order chi connectivity index (χ0) is 73.0. The van der Waals surface area contributed by atoms with Crippen LogP contribution in [0.4, 0.5) is 0 Å². The van der Waals surface area contributed by atoms with E-state index in [1.165, 1.54) is 0 Å². The summed E-state index contributed by atoms with van der Waals surface area (Å²) in [5, 5.41) is 10.3. The molecule has 0 fully saturated rings. The molecule has 480 valence electrons. The molecule has 0 heteroatoms. The highest BCUT2D eigenvalue weighted by atomic mass is 14.2. The minimum absolute atomic E-state index is 0.181. The highest BCUT2D eigenvalue weighted by Gasteiger charge is 2.18. The molecule has 0 aliphatic rings. The maximum absolute atomic E-state index is 3.44. The second-order valence-corrected chi connectivity index (χ2v) is 30.8. The molecule has 0 heterocycles. The van der Waals surface area contributed by atoms with Crippen LogP contribution in [0.1, 0.15) is 158 Å². The third kappa shape index (κ3) is 18.0. The lowest BCUT2D eigenvalue weighted by molar-refractivity contribution is 0.591. The van der Waals surface area contributed by atoms with Crippen molar-refractivity contribution in [3.8, 4) is 0 Å². The van der Waals surface area contributed by atoms with Crippen molar-refractivity contribution in [3.63, 3.8) is 0 Å². The van der Waals surface area contributed by atoms with Crippen molar-refractivity contribution in [1.82, 2.24) is 0 Å². The van der Waals surface area contributed by atoms with Gasteiger partial charge >= 0.3 is 0 Å². The molecule has 102 heavy (non-hydrogen) atoms. The van der Waals surface area contributed by atoms with Crippen molar-refractivity contribution >= 4 is 97.0 Å². The fraction of sp³-hybridized carbons (Fsp3) is 0.235. The highest BCUT2D eigenvalue weighted by Crippen LogP contribution is 2.32. The number of fused-ring (bicyclic) bond motifs is 12. The van der Waals surface area contributed by atoms with Gasteiger partial charge in [0.15, 0.2) is 0 Å². The first kappa shape index (κ1) is 71.4. The summed E-state index contributed by atoms with van der Waals surface area (Å²) in [5.74, 6) is 0. The molecule has 0 unspecified atom stereocenters. The topological polar surface area (TPSA) is 0 Å². The molecule has 0 aromatic heterocycles. The first-order valence-corrected chi connectivity index (χ1v) is 33.7. The van der Waals surface area contributed by atoms with Crippen molar-refractivity contribution in [2.24, 2.45) is 0 Å². The molecule has 0 saturated heterocycles. The Balaban J connectivity index is 1.48. The van der Waals surface area contributed by atoms with Gasteiger partial charge in [-0.1, -0.05) is 270 Å². The standard InChI is InChI=1S/C102H72/c1-97(2,3)85-61-55-73-37-25-31-49-91-92(50-32-26-38-74-56-62-86(98(4,5)6)68-80(74)44-20-19-43-79(73)67-85)94-52-34-28-40-76-58-64-88(100(10,11)12)71-83(76)47-23-24-48-84-72-90(102(16,17)18)66-60-78(84)42-30-36-54-96(94)95-53-35-29-41-77-59-65-89(101(13,14)15)70-82(77)46-22-21-45-81-69-87(99(7,8)9)63-57-75(81)39-27-33-51-93(91)95/h55-72H,1-18H3. The van der Waals surface area contributed by atoms with Crippen LogP contribution < -0.4 is 0 Å². The zero-order valence-corrected chi connectivity index (χ0v) is 61.4. The molecule has 0 spiro atoms. The Kier molecular flexibility index (Phi) is 20.8. The van der Waals surface area contributed by atoms with Gasteiger partial charge in [0.2, 0.25) is 0 Å². The second-order valence-electron chi connectivity index (χ2n) is 30.8. The Morgan fingerprint density at radius 2 is 0.245 bits per heavy atom. The quantitative estimate of drug-likeness (QED) is 0.142. The van der Waals surface area contributed by atoms with Gasteiger partial charge in [-0.2, -0.15) is 0 Å². The number of hydrogen-bond acceptors (Lipinski definition) is 0. The first-order chi connectivity index (χ1) is 48.4. The lowest BCUT2D eigenvalue weighted by atomic mass is 9.86. The van der Waals surface area contributed by atoms with Crippen molar-refractivity contribution in [2.45, 2.75) is 157 Å². The molecule has 0 nitrogen and oxygen atoms in total. The van der Waals surface area contributed by atoms with Crippen LogP contribution in [0.15, 0.2) is 109 Å². The smallest absolute Gasteiger partial charge is 0.0572 e. The van der Waals surface area contributed by atoms with Gasteiger partial charge in [0.1, 0.15) is 0 Å². The molecule has 0 saturated carbocycles. The van der Waals surface area contributed by atoms with Gasteiger partial charge in [-0.3, -0.25) is 0 Å². The molecule has 0 bridgehead atoms. The van der Waals surface area contributed by atoms with E-state index in [1.807, 2.05) is 36.4 Å². The Hall–Kier alpha value is -13.4. The Morgan fingerprint density at radius 3 is 0.363 bits per heavy atom.